The summed E-state index contributed by atoms with van der Waals surface area (Å²) in [5.41, 5.74) is 3.08. The Hall–Kier alpha value is -3.16. The highest BCUT2D eigenvalue weighted by molar-refractivity contribution is 8.19. The number of rotatable bonds is 5. The lowest BCUT2D eigenvalue weighted by Gasteiger charge is -2.17. The summed E-state index contributed by atoms with van der Waals surface area (Å²) in [6.07, 6.45) is 0.768. The maximum Gasteiger partial charge on any atom is 0.269 e. The van der Waals surface area contributed by atoms with Crippen LogP contribution in [-0.4, -0.2) is 36.7 Å². The fourth-order valence-corrected chi connectivity index (χ4v) is 6.12. The number of benzene rings is 3. The van der Waals surface area contributed by atoms with Crippen molar-refractivity contribution in [2.24, 2.45) is 4.99 Å². The first kappa shape index (κ1) is 21.7. The number of methoxy groups -OCH3 is 1. The number of amidine groups is 1. The summed E-state index contributed by atoms with van der Waals surface area (Å²) >= 11 is 3.07. The third kappa shape index (κ3) is 4.38. The van der Waals surface area contributed by atoms with Crippen molar-refractivity contribution in [1.82, 2.24) is 4.90 Å². The average molecular weight is 474 g/mol. The summed E-state index contributed by atoms with van der Waals surface area (Å²) in [6, 6.07) is 26.0. The van der Waals surface area contributed by atoms with E-state index in [1.54, 1.807) is 18.9 Å². The zero-order chi connectivity index (χ0) is 22.8. The number of amides is 1. The van der Waals surface area contributed by atoms with Crippen LogP contribution in [0.25, 0.3) is 0 Å². The lowest BCUT2D eigenvalue weighted by molar-refractivity contribution is -0.122. The van der Waals surface area contributed by atoms with Crippen LogP contribution in [0.2, 0.25) is 0 Å². The van der Waals surface area contributed by atoms with Gasteiger partial charge in [-0.25, -0.2) is 4.99 Å². The first-order valence-corrected chi connectivity index (χ1v) is 12.3. The van der Waals surface area contributed by atoms with Crippen LogP contribution in [0.1, 0.15) is 5.56 Å². The van der Waals surface area contributed by atoms with Crippen LogP contribution >= 0.6 is 23.5 Å². The normalized spacial score (nSPS) is 18.8. The van der Waals surface area contributed by atoms with E-state index >= 15 is 0 Å². The highest BCUT2D eigenvalue weighted by Gasteiger charge is 2.39. The Morgan fingerprint density at radius 2 is 1.67 bits per heavy atom. The maximum absolute atomic E-state index is 13.6. The fraction of sp³-hybridized carbons (Fsp3) is 0.154. The van der Waals surface area contributed by atoms with E-state index in [1.807, 2.05) is 78.7 Å². The van der Waals surface area contributed by atoms with Gasteiger partial charge in [0.05, 0.1) is 23.5 Å². The van der Waals surface area contributed by atoms with E-state index in [9.17, 15) is 4.79 Å². The summed E-state index contributed by atoms with van der Waals surface area (Å²) in [4.78, 5) is 24.2. The summed E-state index contributed by atoms with van der Waals surface area (Å²) in [6.45, 7) is 0.577. The molecule has 0 aromatic heterocycles. The molecular weight excluding hydrogens is 450 g/mol. The molecule has 0 aliphatic carbocycles. The third-order valence-corrected chi connectivity index (χ3v) is 7.98. The largest absolute Gasteiger partial charge is 0.497 e. The van der Waals surface area contributed by atoms with Gasteiger partial charge in [-0.15, -0.1) is 0 Å². The molecule has 3 aromatic rings. The predicted octanol–water partition coefficient (Wildman–Crippen LogP) is 5.91. The molecule has 3 aromatic carbocycles. The summed E-state index contributed by atoms with van der Waals surface area (Å²) in [5, 5.41) is 1.64. The number of hydrogen-bond acceptors (Lipinski definition) is 6. The molecule has 0 bridgehead atoms. The van der Waals surface area contributed by atoms with Crippen molar-refractivity contribution in [3.05, 3.63) is 94.4 Å². The zero-order valence-electron chi connectivity index (χ0n) is 18.4. The molecule has 1 saturated heterocycles. The Balaban J connectivity index is 1.49. The number of thioether (sulfide) groups is 2. The van der Waals surface area contributed by atoms with E-state index < -0.39 is 0 Å². The molecule has 0 atom stereocenters. The number of aliphatic imine (C=N–C) groups is 1. The zero-order valence-corrected chi connectivity index (χ0v) is 20.0. The second-order valence-corrected chi connectivity index (χ2v) is 9.66. The van der Waals surface area contributed by atoms with Gasteiger partial charge in [0.25, 0.3) is 5.91 Å². The molecule has 0 radical (unpaired) electrons. The molecule has 2 aliphatic rings. The van der Waals surface area contributed by atoms with Crippen molar-refractivity contribution in [3.8, 4) is 5.75 Å². The minimum atomic E-state index is -0.000247. The molecular formula is C26H23N3O2S2. The molecule has 7 heteroatoms. The molecule has 1 amide bonds. The fourth-order valence-electron chi connectivity index (χ4n) is 3.77. The van der Waals surface area contributed by atoms with Crippen molar-refractivity contribution in [1.29, 1.82) is 0 Å². The monoisotopic (exact) mass is 473 g/mol. The second-order valence-electron chi connectivity index (χ2n) is 7.65. The summed E-state index contributed by atoms with van der Waals surface area (Å²) < 4.78 is 5.39. The minimum absolute atomic E-state index is 0.000247. The third-order valence-electron chi connectivity index (χ3n) is 5.54. The van der Waals surface area contributed by atoms with E-state index in [0.717, 1.165) is 33.5 Å². The van der Waals surface area contributed by atoms with Gasteiger partial charge in [0, 0.05) is 24.6 Å². The number of hydrogen-bond donors (Lipinski definition) is 0. The van der Waals surface area contributed by atoms with Crippen LogP contribution in [0.4, 0.5) is 11.4 Å². The number of nitrogens with zero attached hydrogens (tertiary/aromatic N) is 3. The molecule has 2 heterocycles. The Morgan fingerprint density at radius 1 is 0.939 bits per heavy atom. The van der Waals surface area contributed by atoms with Crippen LogP contribution in [0.15, 0.2) is 98.7 Å². The number of carbonyl (C=O) groups is 1. The number of para-hydroxylation sites is 1. The topological polar surface area (TPSA) is 45.1 Å². The van der Waals surface area contributed by atoms with Crippen molar-refractivity contribution < 1.29 is 9.53 Å². The standard InChI is InChI=1S/C26H23N3O2S2/c1-28-21-17-20(31-2)13-14-22(21)32-25(28)23-24(30)29(16-15-18-9-5-3-6-10-18)26(33-23)27-19-11-7-4-8-12-19/h3-14,17H,15-16H2,1-2H3/b25-23-,27-26?. The smallest absolute Gasteiger partial charge is 0.269 e. The Morgan fingerprint density at radius 3 is 2.39 bits per heavy atom. The van der Waals surface area contributed by atoms with Gasteiger partial charge in [-0.2, -0.15) is 0 Å². The Labute approximate surface area is 202 Å². The van der Waals surface area contributed by atoms with Crippen LogP contribution in [0.3, 0.4) is 0 Å². The van der Waals surface area contributed by atoms with E-state index in [1.165, 1.54) is 17.3 Å². The maximum atomic E-state index is 13.6. The van der Waals surface area contributed by atoms with E-state index in [2.05, 4.69) is 17.0 Å². The van der Waals surface area contributed by atoms with Gasteiger partial charge in [-0.3, -0.25) is 9.69 Å². The molecule has 0 N–H and O–H groups in total. The molecule has 166 valence electrons. The van der Waals surface area contributed by atoms with Crippen LogP contribution in [-0.2, 0) is 11.2 Å². The van der Waals surface area contributed by atoms with Crippen molar-refractivity contribution in [2.75, 3.05) is 25.6 Å². The van der Waals surface area contributed by atoms with Gasteiger partial charge >= 0.3 is 0 Å². The minimum Gasteiger partial charge on any atom is -0.497 e. The number of anilines is 1. The molecule has 1 fully saturated rings. The van der Waals surface area contributed by atoms with Crippen molar-refractivity contribution >= 4 is 46.0 Å². The molecule has 0 unspecified atom stereocenters. The summed E-state index contributed by atoms with van der Waals surface area (Å²) in [7, 11) is 3.66. The van der Waals surface area contributed by atoms with E-state index in [4.69, 9.17) is 9.73 Å². The predicted molar refractivity (Wildman–Crippen MR) is 137 cm³/mol. The van der Waals surface area contributed by atoms with Gasteiger partial charge in [0.2, 0.25) is 0 Å². The lowest BCUT2D eigenvalue weighted by atomic mass is 10.1. The molecule has 5 nitrogen and oxygen atoms in total. The Kier molecular flexibility index (Phi) is 6.15. The molecule has 33 heavy (non-hydrogen) atoms. The highest BCUT2D eigenvalue weighted by atomic mass is 32.2. The second kappa shape index (κ2) is 9.37. The van der Waals surface area contributed by atoms with Gasteiger partial charge in [-0.1, -0.05) is 60.3 Å². The van der Waals surface area contributed by atoms with Gasteiger partial charge in [-0.05, 0) is 48.0 Å². The Bertz CT molecular complexity index is 1240. The SMILES string of the molecule is COc1ccc2c(c1)N(C)/C(=C1/SC(=Nc3ccccc3)N(CCc3ccccc3)C1=O)S2. The summed E-state index contributed by atoms with van der Waals surface area (Å²) in [5.74, 6) is 0.799. The number of carbonyl (C=O) groups excluding carboxylic acids is 1. The van der Waals surface area contributed by atoms with Gasteiger partial charge in [0.15, 0.2) is 5.17 Å². The lowest BCUT2D eigenvalue weighted by Crippen LogP contribution is -2.31. The highest BCUT2D eigenvalue weighted by Crippen LogP contribution is 2.51. The molecule has 2 aliphatic heterocycles. The quantitative estimate of drug-likeness (QED) is 0.431. The number of ether oxygens (including phenoxy) is 1. The number of fused-ring (bicyclic) bond motifs is 1. The van der Waals surface area contributed by atoms with Crippen LogP contribution in [0.5, 0.6) is 5.75 Å². The van der Waals surface area contributed by atoms with E-state index in [0.29, 0.717) is 16.6 Å². The van der Waals surface area contributed by atoms with Crippen LogP contribution < -0.4 is 9.64 Å². The average Bonchev–Trinajstić information content (AvgIpc) is 3.34. The van der Waals surface area contributed by atoms with E-state index in [-0.39, 0.29) is 5.91 Å². The first-order valence-electron chi connectivity index (χ1n) is 10.7. The van der Waals surface area contributed by atoms with Crippen molar-refractivity contribution in [3.63, 3.8) is 0 Å². The van der Waals surface area contributed by atoms with Gasteiger partial charge < -0.3 is 9.64 Å². The molecule has 0 saturated carbocycles. The molecule has 5 rings (SSSR count). The molecule has 0 spiro atoms. The van der Waals surface area contributed by atoms with Crippen LogP contribution in [0, 0.1) is 0 Å². The van der Waals surface area contributed by atoms with Crippen molar-refractivity contribution in [2.45, 2.75) is 11.3 Å². The first-order chi connectivity index (χ1) is 16.1. The van der Waals surface area contributed by atoms with Gasteiger partial charge in [0.1, 0.15) is 10.7 Å².